The van der Waals surface area contributed by atoms with Crippen molar-refractivity contribution < 1.29 is 14.3 Å². The monoisotopic (exact) mass is 343 g/mol. The highest BCUT2D eigenvalue weighted by molar-refractivity contribution is 5.94. The Kier molecular flexibility index (Phi) is 6.17. The van der Waals surface area contributed by atoms with Crippen molar-refractivity contribution in [3.8, 4) is 0 Å². The summed E-state index contributed by atoms with van der Waals surface area (Å²) < 4.78 is 5.82. The third-order valence-electron chi connectivity index (χ3n) is 4.70. The van der Waals surface area contributed by atoms with E-state index >= 15 is 0 Å². The topological polar surface area (TPSA) is 71.0 Å². The van der Waals surface area contributed by atoms with Crippen LogP contribution in [0, 0.1) is 0 Å². The van der Waals surface area contributed by atoms with Crippen LogP contribution < -0.4 is 5.43 Å². The van der Waals surface area contributed by atoms with Crippen LogP contribution in [-0.4, -0.2) is 48.2 Å². The summed E-state index contributed by atoms with van der Waals surface area (Å²) in [6.07, 6.45) is 4.17. The molecular formula is C19H25N3O3. The summed E-state index contributed by atoms with van der Waals surface area (Å²) in [7, 11) is 0. The van der Waals surface area contributed by atoms with E-state index in [1.54, 1.807) is 0 Å². The fourth-order valence-corrected chi connectivity index (χ4v) is 3.19. The molecule has 1 saturated heterocycles. The standard InChI is InChI=1S/C19H25N3O3/c23-18-10-7-16(20-21-18)8-11-19(24)22-12-13-25-17(14-22)9-6-15-4-2-1-3-5-15/h1-5,17H,6-14H2,(H,21,23). The summed E-state index contributed by atoms with van der Waals surface area (Å²) in [6, 6.07) is 10.3. The Balaban J connectivity index is 1.42. The molecule has 2 amide bonds. The number of morpholine rings is 1. The molecule has 2 heterocycles. The van der Waals surface area contributed by atoms with E-state index in [2.05, 4.69) is 22.7 Å². The van der Waals surface area contributed by atoms with Gasteiger partial charge in [-0.25, -0.2) is 5.43 Å². The highest BCUT2D eigenvalue weighted by Crippen LogP contribution is 2.14. The average Bonchev–Trinajstić information content (AvgIpc) is 2.67. The van der Waals surface area contributed by atoms with Crippen LogP contribution in [0.5, 0.6) is 0 Å². The third kappa shape index (κ3) is 5.39. The molecule has 2 aliphatic rings. The number of hydrazone groups is 1. The smallest absolute Gasteiger partial charge is 0.240 e. The molecule has 0 spiro atoms. The van der Waals surface area contributed by atoms with Crippen LogP contribution in [0.25, 0.3) is 0 Å². The lowest BCUT2D eigenvalue weighted by molar-refractivity contribution is -0.138. The predicted molar refractivity (Wildman–Crippen MR) is 95.1 cm³/mol. The lowest BCUT2D eigenvalue weighted by atomic mass is 10.0. The largest absolute Gasteiger partial charge is 0.375 e. The predicted octanol–water partition coefficient (Wildman–Crippen LogP) is 1.89. The normalized spacial score (nSPS) is 20.8. The minimum atomic E-state index is -0.0514. The Morgan fingerprint density at radius 3 is 2.84 bits per heavy atom. The Labute approximate surface area is 148 Å². The number of amides is 2. The van der Waals surface area contributed by atoms with E-state index < -0.39 is 0 Å². The number of carbonyl (C=O) groups excluding carboxylic acids is 2. The van der Waals surface area contributed by atoms with E-state index in [1.165, 1.54) is 5.56 Å². The van der Waals surface area contributed by atoms with Gasteiger partial charge < -0.3 is 9.64 Å². The van der Waals surface area contributed by atoms with Crippen LogP contribution in [0.3, 0.4) is 0 Å². The van der Waals surface area contributed by atoms with Gasteiger partial charge in [0.15, 0.2) is 0 Å². The number of nitrogens with zero attached hydrogens (tertiary/aromatic N) is 2. The van der Waals surface area contributed by atoms with Gasteiger partial charge in [-0.2, -0.15) is 5.10 Å². The minimum absolute atomic E-state index is 0.0514. The second kappa shape index (κ2) is 8.76. The van der Waals surface area contributed by atoms with E-state index in [4.69, 9.17) is 4.74 Å². The molecule has 1 fully saturated rings. The summed E-state index contributed by atoms with van der Waals surface area (Å²) in [4.78, 5) is 25.4. The number of rotatable bonds is 6. The van der Waals surface area contributed by atoms with E-state index in [0.717, 1.165) is 18.6 Å². The lowest BCUT2D eigenvalue weighted by Gasteiger charge is -2.33. The number of nitrogens with one attached hydrogen (secondary N) is 1. The van der Waals surface area contributed by atoms with Gasteiger partial charge in [0.25, 0.3) is 0 Å². The average molecular weight is 343 g/mol. The van der Waals surface area contributed by atoms with Gasteiger partial charge in [-0.15, -0.1) is 0 Å². The molecule has 6 heteroatoms. The summed E-state index contributed by atoms with van der Waals surface area (Å²) in [5.74, 6) is 0.0946. The SMILES string of the molecule is O=C1CCC(CCC(=O)N2CCOC(CCc3ccccc3)C2)=NN1. The Hall–Kier alpha value is -2.21. The van der Waals surface area contributed by atoms with Crippen molar-refractivity contribution in [2.45, 2.75) is 44.6 Å². The number of hydrogen-bond donors (Lipinski definition) is 1. The molecule has 1 aromatic rings. The van der Waals surface area contributed by atoms with Gasteiger partial charge >= 0.3 is 0 Å². The van der Waals surface area contributed by atoms with Crippen LogP contribution in [0.2, 0.25) is 0 Å². The number of benzene rings is 1. The van der Waals surface area contributed by atoms with Gasteiger partial charge in [0.1, 0.15) is 0 Å². The zero-order valence-electron chi connectivity index (χ0n) is 14.4. The molecule has 0 aliphatic carbocycles. The van der Waals surface area contributed by atoms with E-state index in [9.17, 15) is 9.59 Å². The number of ether oxygens (including phenoxy) is 1. The summed E-state index contributed by atoms with van der Waals surface area (Å²) >= 11 is 0. The number of hydrogen-bond acceptors (Lipinski definition) is 4. The maximum atomic E-state index is 12.5. The molecule has 0 radical (unpaired) electrons. The third-order valence-corrected chi connectivity index (χ3v) is 4.70. The summed E-state index contributed by atoms with van der Waals surface area (Å²) in [5, 5.41) is 4.03. The van der Waals surface area contributed by atoms with Crippen LogP contribution in [0.15, 0.2) is 35.4 Å². The second-order valence-electron chi connectivity index (χ2n) is 6.57. The first-order chi connectivity index (χ1) is 12.2. The van der Waals surface area contributed by atoms with Crippen molar-refractivity contribution in [3.63, 3.8) is 0 Å². The van der Waals surface area contributed by atoms with E-state index in [0.29, 0.717) is 45.4 Å². The maximum Gasteiger partial charge on any atom is 0.240 e. The van der Waals surface area contributed by atoms with Gasteiger partial charge in [0, 0.05) is 31.6 Å². The highest BCUT2D eigenvalue weighted by Gasteiger charge is 2.24. The Morgan fingerprint density at radius 1 is 1.24 bits per heavy atom. The number of aryl methyl sites for hydroxylation is 1. The van der Waals surface area contributed by atoms with Crippen molar-refractivity contribution in [3.05, 3.63) is 35.9 Å². The van der Waals surface area contributed by atoms with Crippen molar-refractivity contribution in [2.75, 3.05) is 19.7 Å². The minimum Gasteiger partial charge on any atom is -0.375 e. The molecule has 1 unspecified atom stereocenters. The van der Waals surface area contributed by atoms with E-state index in [1.807, 2.05) is 23.1 Å². The Morgan fingerprint density at radius 2 is 2.08 bits per heavy atom. The molecule has 0 aromatic heterocycles. The molecule has 1 N–H and O–H groups in total. The van der Waals surface area contributed by atoms with Gasteiger partial charge in [-0.3, -0.25) is 9.59 Å². The zero-order chi connectivity index (χ0) is 17.5. The summed E-state index contributed by atoms with van der Waals surface area (Å²) in [5.41, 5.74) is 4.68. The van der Waals surface area contributed by atoms with Crippen molar-refractivity contribution in [1.29, 1.82) is 0 Å². The van der Waals surface area contributed by atoms with Crippen molar-refractivity contribution >= 4 is 17.5 Å². The van der Waals surface area contributed by atoms with Crippen LogP contribution in [0.1, 0.15) is 37.7 Å². The lowest BCUT2D eigenvalue weighted by Crippen LogP contribution is -2.45. The van der Waals surface area contributed by atoms with Gasteiger partial charge in [-0.1, -0.05) is 30.3 Å². The van der Waals surface area contributed by atoms with Crippen LogP contribution in [0.4, 0.5) is 0 Å². The first-order valence-corrected chi connectivity index (χ1v) is 8.98. The van der Waals surface area contributed by atoms with Gasteiger partial charge in [0.2, 0.25) is 11.8 Å². The fourth-order valence-electron chi connectivity index (χ4n) is 3.19. The quantitative estimate of drug-likeness (QED) is 0.857. The molecule has 6 nitrogen and oxygen atoms in total. The first kappa shape index (κ1) is 17.6. The molecule has 0 saturated carbocycles. The summed E-state index contributed by atoms with van der Waals surface area (Å²) in [6.45, 7) is 1.92. The van der Waals surface area contributed by atoms with Gasteiger partial charge in [0.05, 0.1) is 12.7 Å². The second-order valence-corrected chi connectivity index (χ2v) is 6.57. The molecule has 2 aliphatic heterocycles. The van der Waals surface area contributed by atoms with Gasteiger partial charge in [-0.05, 0) is 31.2 Å². The zero-order valence-corrected chi connectivity index (χ0v) is 14.4. The molecule has 0 bridgehead atoms. The molecule has 3 rings (SSSR count). The Bertz CT molecular complexity index is 630. The van der Waals surface area contributed by atoms with Crippen LogP contribution >= 0.6 is 0 Å². The highest BCUT2D eigenvalue weighted by atomic mass is 16.5. The van der Waals surface area contributed by atoms with Crippen LogP contribution in [-0.2, 0) is 20.7 Å². The fraction of sp³-hybridized carbons (Fsp3) is 0.526. The van der Waals surface area contributed by atoms with E-state index in [-0.39, 0.29) is 17.9 Å². The maximum absolute atomic E-state index is 12.5. The number of carbonyl (C=O) groups is 2. The van der Waals surface area contributed by atoms with Crippen molar-refractivity contribution in [2.24, 2.45) is 5.10 Å². The molecular weight excluding hydrogens is 318 g/mol. The van der Waals surface area contributed by atoms with Crippen molar-refractivity contribution in [1.82, 2.24) is 10.3 Å². The molecule has 1 atom stereocenters. The molecule has 25 heavy (non-hydrogen) atoms. The molecule has 1 aromatic carbocycles. The molecule has 134 valence electrons. The first-order valence-electron chi connectivity index (χ1n) is 8.98.